The Labute approximate surface area is 131 Å². The summed E-state index contributed by atoms with van der Waals surface area (Å²) in [6.07, 6.45) is 8.97. The Morgan fingerprint density at radius 3 is 2.52 bits per heavy atom. The number of aliphatic hydroxyl groups excluding tert-OH is 1. The van der Waals surface area contributed by atoms with Gasteiger partial charge in [-0.15, -0.1) is 0 Å². The molecule has 0 spiro atoms. The monoisotopic (exact) mass is 296 g/mol. The number of hydrogen-bond donors (Lipinski definition) is 2. The molecule has 0 aromatic rings. The summed E-state index contributed by atoms with van der Waals surface area (Å²) >= 11 is 0. The van der Waals surface area contributed by atoms with E-state index in [0.717, 1.165) is 13.0 Å². The first-order valence-electron chi connectivity index (χ1n) is 9.22. The number of nitrogens with one attached hydrogen (secondary N) is 1. The Kier molecular flexibility index (Phi) is 6.10. The summed E-state index contributed by atoms with van der Waals surface area (Å²) in [6, 6.07) is 0. The lowest BCUT2D eigenvalue weighted by Gasteiger charge is -2.36. The molecule has 0 amide bonds. The third-order valence-electron chi connectivity index (χ3n) is 6.58. The standard InChI is InChI=1S/C18H36N2O/c1-4-17(5-2)11-13-20(14-17)12-9-16-8-7-10-18(16,15-21)19-6-3/h16,19,21H,4-15H2,1-3H3. The van der Waals surface area contributed by atoms with Crippen LogP contribution in [0, 0.1) is 11.3 Å². The molecule has 2 unspecified atom stereocenters. The molecule has 2 aliphatic rings. The van der Waals surface area contributed by atoms with Crippen molar-refractivity contribution in [2.75, 3.05) is 32.8 Å². The average molecular weight is 296 g/mol. The molecule has 3 heteroatoms. The van der Waals surface area contributed by atoms with E-state index in [1.165, 1.54) is 58.2 Å². The second-order valence-electron chi connectivity index (χ2n) is 7.46. The Hall–Kier alpha value is -0.120. The van der Waals surface area contributed by atoms with Crippen molar-refractivity contribution in [1.29, 1.82) is 0 Å². The second kappa shape index (κ2) is 7.43. The maximum atomic E-state index is 9.89. The number of likely N-dealkylation sites (tertiary alicyclic amines) is 1. The van der Waals surface area contributed by atoms with Crippen LogP contribution < -0.4 is 5.32 Å². The average Bonchev–Trinajstić information content (AvgIpc) is 3.10. The van der Waals surface area contributed by atoms with Gasteiger partial charge in [0, 0.05) is 12.1 Å². The van der Waals surface area contributed by atoms with E-state index in [1.54, 1.807) is 0 Å². The molecule has 2 fully saturated rings. The highest BCUT2D eigenvalue weighted by molar-refractivity contribution is 4.99. The van der Waals surface area contributed by atoms with Crippen molar-refractivity contribution in [3.05, 3.63) is 0 Å². The van der Waals surface area contributed by atoms with Crippen LogP contribution in [0.1, 0.15) is 65.7 Å². The van der Waals surface area contributed by atoms with E-state index in [1.807, 2.05) is 0 Å². The lowest BCUT2D eigenvalue weighted by molar-refractivity contribution is 0.113. The zero-order valence-electron chi connectivity index (χ0n) is 14.5. The van der Waals surface area contributed by atoms with Crippen LogP contribution >= 0.6 is 0 Å². The Balaban J connectivity index is 1.85. The van der Waals surface area contributed by atoms with E-state index in [2.05, 4.69) is 31.0 Å². The summed E-state index contributed by atoms with van der Waals surface area (Å²) < 4.78 is 0. The van der Waals surface area contributed by atoms with Gasteiger partial charge < -0.3 is 15.3 Å². The molecule has 124 valence electrons. The van der Waals surface area contributed by atoms with Gasteiger partial charge in [-0.05, 0) is 69.5 Å². The minimum Gasteiger partial charge on any atom is -0.394 e. The van der Waals surface area contributed by atoms with Crippen LogP contribution in [0.25, 0.3) is 0 Å². The number of rotatable bonds is 8. The molecule has 0 radical (unpaired) electrons. The van der Waals surface area contributed by atoms with E-state index < -0.39 is 0 Å². The molecule has 2 atom stereocenters. The number of hydrogen-bond acceptors (Lipinski definition) is 3. The van der Waals surface area contributed by atoms with Gasteiger partial charge in [0.05, 0.1) is 6.61 Å². The molecule has 0 bridgehead atoms. The Bertz CT molecular complexity index is 316. The molecular formula is C18H36N2O. The van der Waals surface area contributed by atoms with E-state index in [0.29, 0.717) is 17.9 Å². The zero-order chi connectivity index (χ0) is 15.3. The van der Waals surface area contributed by atoms with Crippen molar-refractivity contribution < 1.29 is 5.11 Å². The molecule has 2 rings (SSSR count). The zero-order valence-corrected chi connectivity index (χ0v) is 14.5. The Morgan fingerprint density at radius 2 is 1.95 bits per heavy atom. The first-order chi connectivity index (χ1) is 10.1. The van der Waals surface area contributed by atoms with Crippen molar-refractivity contribution in [1.82, 2.24) is 10.2 Å². The summed E-state index contributed by atoms with van der Waals surface area (Å²) in [7, 11) is 0. The van der Waals surface area contributed by atoms with Gasteiger partial charge in [0.1, 0.15) is 0 Å². The molecule has 1 aliphatic heterocycles. The first-order valence-corrected chi connectivity index (χ1v) is 9.22. The lowest BCUT2D eigenvalue weighted by atomic mass is 9.82. The van der Waals surface area contributed by atoms with Crippen LogP contribution in [0.5, 0.6) is 0 Å². The summed E-state index contributed by atoms with van der Waals surface area (Å²) in [5.41, 5.74) is 0.604. The number of likely N-dealkylation sites (N-methyl/N-ethyl adjacent to an activating group) is 1. The largest absolute Gasteiger partial charge is 0.394 e. The van der Waals surface area contributed by atoms with Crippen molar-refractivity contribution in [3.63, 3.8) is 0 Å². The van der Waals surface area contributed by atoms with Gasteiger partial charge in [-0.1, -0.05) is 27.2 Å². The van der Waals surface area contributed by atoms with Crippen molar-refractivity contribution in [2.45, 2.75) is 71.3 Å². The van der Waals surface area contributed by atoms with Crippen LogP contribution in [0.2, 0.25) is 0 Å². The van der Waals surface area contributed by atoms with Crippen molar-refractivity contribution in [3.8, 4) is 0 Å². The minimum absolute atomic E-state index is 0.0150. The van der Waals surface area contributed by atoms with Crippen LogP contribution in [0.4, 0.5) is 0 Å². The fourth-order valence-electron chi connectivity index (χ4n) is 4.80. The molecule has 2 N–H and O–H groups in total. The highest BCUT2D eigenvalue weighted by atomic mass is 16.3. The van der Waals surface area contributed by atoms with Gasteiger partial charge in [0.2, 0.25) is 0 Å². The molecule has 21 heavy (non-hydrogen) atoms. The van der Waals surface area contributed by atoms with Gasteiger partial charge in [-0.2, -0.15) is 0 Å². The van der Waals surface area contributed by atoms with Gasteiger partial charge in [0.15, 0.2) is 0 Å². The van der Waals surface area contributed by atoms with Crippen LogP contribution in [-0.2, 0) is 0 Å². The van der Waals surface area contributed by atoms with Gasteiger partial charge in [-0.3, -0.25) is 0 Å². The Morgan fingerprint density at radius 1 is 1.19 bits per heavy atom. The van der Waals surface area contributed by atoms with Crippen molar-refractivity contribution >= 4 is 0 Å². The maximum absolute atomic E-state index is 9.89. The highest BCUT2D eigenvalue weighted by Gasteiger charge is 2.42. The smallest absolute Gasteiger partial charge is 0.0616 e. The van der Waals surface area contributed by atoms with Gasteiger partial charge in [-0.25, -0.2) is 0 Å². The van der Waals surface area contributed by atoms with Crippen LogP contribution in [-0.4, -0.2) is 48.3 Å². The molecule has 1 saturated heterocycles. The molecule has 0 aromatic carbocycles. The second-order valence-corrected chi connectivity index (χ2v) is 7.46. The molecule has 0 aromatic heterocycles. The molecule has 1 heterocycles. The topological polar surface area (TPSA) is 35.5 Å². The van der Waals surface area contributed by atoms with E-state index in [4.69, 9.17) is 0 Å². The fourth-order valence-corrected chi connectivity index (χ4v) is 4.80. The summed E-state index contributed by atoms with van der Waals surface area (Å²) in [6.45, 7) is 11.9. The molecular weight excluding hydrogens is 260 g/mol. The lowest BCUT2D eigenvalue weighted by Crippen LogP contribution is -2.51. The number of aliphatic hydroxyl groups is 1. The van der Waals surface area contributed by atoms with Gasteiger partial charge >= 0.3 is 0 Å². The predicted octanol–water partition coefficient (Wildman–Crippen LogP) is 3.03. The highest BCUT2D eigenvalue weighted by Crippen LogP contribution is 2.40. The minimum atomic E-state index is 0.0150. The van der Waals surface area contributed by atoms with E-state index in [9.17, 15) is 5.11 Å². The normalized spacial score (nSPS) is 32.9. The SMILES string of the molecule is CCNC1(CO)CCCC1CCN1CCC(CC)(CC)C1. The van der Waals surface area contributed by atoms with Gasteiger partial charge in [0.25, 0.3) is 0 Å². The summed E-state index contributed by atoms with van der Waals surface area (Å²) in [5, 5.41) is 13.5. The predicted molar refractivity (Wildman–Crippen MR) is 89.5 cm³/mol. The van der Waals surface area contributed by atoms with E-state index in [-0.39, 0.29) is 5.54 Å². The molecule has 1 saturated carbocycles. The molecule has 1 aliphatic carbocycles. The summed E-state index contributed by atoms with van der Waals surface area (Å²) in [5.74, 6) is 0.653. The van der Waals surface area contributed by atoms with E-state index >= 15 is 0 Å². The quantitative estimate of drug-likeness (QED) is 0.723. The van der Waals surface area contributed by atoms with Crippen LogP contribution in [0.3, 0.4) is 0 Å². The first kappa shape index (κ1) is 17.2. The van der Waals surface area contributed by atoms with Crippen molar-refractivity contribution in [2.24, 2.45) is 11.3 Å². The number of nitrogens with zero attached hydrogens (tertiary/aromatic N) is 1. The molecule has 3 nitrogen and oxygen atoms in total. The summed E-state index contributed by atoms with van der Waals surface area (Å²) in [4.78, 5) is 2.68. The fraction of sp³-hybridized carbons (Fsp3) is 1.00. The van der Waals surface area contributed by atoms with Crippen LogP contribution in [0.15, 0.2) is 0 Å². The third-order valence-corrected chi connectivity index (χ3v) is 6.58. The third kappa shape index (κ3) is 3.62. The maximum Gasteiger partial charge on any atom is 0.0616 e.